The first kappa shape index (κ1) is 23.4. The first-order valence-corrected chi connectivity index (χ1v) is 11.7. The third-order valence-corrected chi connectivity index (χ3v) is 6.20. The summed E-state index contributed by atoms with van der Waals surface area (Å²) in [4.78, 5) is 26.9. The lowest BCUT2D eigenvalue weighted by molar-refractivity contribution is -0.120. The van der Waals surface area contributed by atoms with Crippen molar-refractivity contribution in [2.45, 2.75) is 37.8 Å². The van der Waals surface area contributed by atoms with Gasteiger partial charge in [-0.1, -0.05) is 12.1 Å². The summed E-state index contributed by atoms with van der Waals surface area (Å²) in [5.74, 6) is 0.317. The fraction of sp³-hybridized carbons (Fsp3) is 0.478. The van der Waals surface area contributed by atoms with Gasteiger partial charge in [-0.05, 0) is 25.0 Å². The van der Waals surface area contributed by atoms with Gasteiger partial charge in [0, 0.05) is 31.6 Å². The molecule has 1 aromatic carbocycles. The maximum absolute atomic E-state index is 14.0. The third kappa shape index (κ3) is 5.03. The second-order valence-electron chi connectivity index (χ2n) is 8.58. The largest absolute Gasteiger partial charge is 0.474 e. The number of anilines is 1. The van der Waals surface area contributed by atoms with Gasteiger partial charge in [0.25, 0.3) is 6.43 Å². The van der Waals surface area contributed by atoms with Crippen molar-refractivity contribution in [3.8, 4) is 11.7 Å². The average Bonchev–Trinajstić information content (AvgIpc) is 3.48. The van der Waals surface area contributed by atoms with E-state index >= 15 is 0 Å². The van der Waals surface area contributed by atoms with E-state index in [1.165, 1.54) is 4.57 Å². The molecule has 1 saturated heterocycles. The highest BCUT2D eigenvalue weighted by Gasteiger charge is 2.29. The Hall–Kier alpha value is -3.38. The first-order valence-electron chi connectivity index (χ1n) is 11.7. The van der Waals surface area contributed by atoms with Crippen LogP contribution in [0.5, 0.6) is 5.88 Å². The van der Waals surface area contributed by atoms with Crippen LogP contribution in [0.15, 0.2) is 30.3 Å². The van der Waals surface area contributed by atoms with Crippen molar-refractivity contribution < 1.29 is 23.0 Å². The van der Waals surface area contributed by atoms with E-state index in [4.69, 9.17) is 15.2 Å². The fourth-order valence-electron chi connectivity index (χ4n) is 4.55. The minimum Gasteiger partial charge on any atom is -0.474 e. The molecular weight excluding hydrogens is 460 g/mol. The molecule has 5 rings (SSSR count). The van der Waals surface area contributed by atoms with Gasteiger partial charge in [0.05, 0.1) is 30.8 Å². The van der Waals surface area contributed by atoms with Crippen LogP contribution in [0.4, 0.5) is 14.7 Å². The highest BCUT2D eigenvalue weighted by molar-refractivity contribution is 5.78. The molecule has 0 spiro atoms. The predicted octanol–water partition coefficient (Wildman–Crippen LogP) is 1.96. The Balaban J connectivity index is 1.50. The number of amides is 1. The number of hydrogen-bond acceptors (Lipinski definition) is 8. The van der Waals surface area contributed by atoms with Crippen molar-refractivity contribution in [3.05, 3.63) is 36.2 Å². The summed E-state index contributed by atoms with van der Waals surface area (Å²) in [5.41, 5.74) is 6.37. The second kappa shape index (κ2) is 10.1. The maximum Gasteiger partial charge on any atom is 0.296 e. The van der Waals surface area contributed by atoms with Crippen LogP contribution in [-0.2, 0) is 9.53 Å². The lowest BCUT2D eigenvalue weighted by Crippen LogP contribution is -2.38. The molecule has 3 aromatic rings. The predicted molar refractivity (Wildman–Crippen MR) is 124 cm³/mol. The number of ether oxygens (including phenoxy) is 2. The molecule has 1 aliphatic carbocycles. The number of nitrogens with zero attached hydrogens (tertiary/aromatic N) is 5. The van der Waals surface area contributed by atoms with Crippen molar-refractivity contribution in [2.75, 3.05) is 37.7 Å². The number of morpholine rings is 1. The number of benzene rings is 1. The molecule has 1 amide bonds. The molecule has 186 valence electrons. The van der Waals surface area contributed by atoms with Crippen molar-refractivity contribution in [1.82, 2.24) is 24.8 Å². The van der Waals surface area contributed by atoms with E-state index in [2.05, 4.69) is 20.3 Å². The molecule has 2 aromatic heterocycles. The van der Waals surface area contributed by atoms with E-state index in [-0.39, 0.29) is 36.3 Å². The quantitative estimate of drug-likeness (QED) is 0.519. The Kier molecular flexibility index (Phi) is 6.73. The van der Waals surface area contributed by atoms with Gasteiger partial charge in [-0.15, -0.1) is 0 Å². The Morgan fingerprint density at radius 1 is 1.20 bits per heavy atom. The SMILES string of the molecule is NCC(=O)N[C@H]1CC[C@H](Oc2cc(-n3c(C(F)F)nc4ccccc43)nc(N3CCOCC3)n2)C1. The molecule has 1 saturated carbocycles. The Morgan fingerprint density at radius 3 is 2.77 bits per heavy atom. The van der Waals surface area contributed by atoms with Gasteiger partial charge in [-0.3, -0.25) is 9.36 Å². The Labute approximate surface area is 200 Å². The molecule has 10 nitrogen and oxygen atoms in total. The van der Waals surface area contributed by atoms with Gasteiger partial charge in [-0.25, -0.2) is 13.8 Å². The average molecular weight is 488 g/mol. The van der Waals surface area contributed by atoms with Crippen molar-refractivity contribution in [3.63, 3.8) is 0 Å². The maximum atomic E-state index is 14.0. The van der Waals surface area contributed by atoms with Gasteiger partial charge >= 0.3 is 0 Å². The standard InChI is InChI=1S/C23H27F2N7O3/c24-21(25)22-28-16-3-1-2-4-17(16)32(22)18-12-20(30-23(29-18)31-7-9-34-10-8-31)35-15-6-5-14(11-15)27-19(33)13-26/h1-4,12,14-15,21H,5-11,13,26H2,(H,27,33)/t14-,15-/m0/s1. The molecule has 0 unspecified atom stereocenters. The van der Waals surface area contributed by atoms with E-state index in [0.717, 1.165) is 12.8 Å². The van der Waals surface area contributed by atoms with Crippen LogP contribution < -0.4 is 20.7 Å². The van der Waals surface area contributed by atoms with E-state index in [0.29, 0.717) is 49.7 Å². The zero-order chi connectivity index (χ0) is 24.4. The number of nitrogens with one attached hydrogen (secondary N) is 1. The molecule has 3 N–H and O–H groups in total. The second-order valence-corrected chi connectivity index (χ2v) is 8.58. The number of aromatic nitrogens is 4. The molecule has 1 aliphatic heterocycles. The summed E-state index contributed by atoms with van der Waals surface area (Å²) >= 11 is 0. The van der Waals surface area contributed by atoms with Crippen LogP contribution in [-0.4, -0.2) is 70.4 Å². The highest BCUT2D eigenvalue weighted by Crippen LogP contribution is 2.31. The van der Waals surface area contributed by atoms with Gasteiger partial charge in [0.2, 0.25) is 17.7 Å². The number of carbonyl (C=O) groups is 1. The number of rotatable bonds is 7. The number of carbonyl (C=O) groups excluding carboxylic acids is 1. The molecule has 0 radical (unpaired) electrons. The number of fused-ring (bicyclic) bond motifs is 1. The van der Waals surface area contributed by atoms with Gasteiger partial charge in [0.15, 0.2) is 5.82 Å². The number of alkyl halides is 2. The molecule has 12 heteroatoms. The van der Waals surface area contributed by atoms with Crippen molar-refractivity contribution >= 4 is 22.9 Å². The van der Waals surface area contributed by atoms with E-state index in [1.54, 1.807) is 30.3 Å². The minimum atomic E-state index is -2.80. The minimum absolute atomic E-state index is 0.0286. The lowest BCUT2D eigenvalue weighted by Gasteiger charge is -2.27. The monoisotopic (exact) mass is 487 g/mol. The van der Waals surface area contributed by atoms with Gasteiger partial charge < -0.3 is 25.4 Å². The number of para-hydroxylation sites is 2. The van der Waals surface area contributed by atoms with Crippen LogP contribution >= 0.6 is 0 Å². The molecule has 3 heterocycles. The number of imidazole rings is 1. The van der Waals surface area contributed by atoms with Crippen LogP contribution in [0.1, 0.15) is 31.5 Å². The number of hydrogen-bond donors (Lipinski definition) is 2. The van der Waals surface area contributed by atoms with Crippen LogP contribution in [0.2, 0.25) is 0 Å². The molecule has 2 aliphatic rings. The van der Waals surface area contributed by atoms with Gasteiger partial charge in [0.1, 0.15) is 11.9 Å². The summed E-state index contributed by atoms with van der Waals surface area (Å²) in [6.07, 6.45) is -0.902. The van der Waals surface area contributed by atoms with E-state index < -0.39 is 12.2 Å². The Morgan fingerprint density at radius 2 is 2.00 bits per heavy atom. The number of nitrogens with two attached hydrogens (primary N) is 1. The summed E-state index contributed by atoms with van der Waals surface area (Å²) in [6.45, 7) is 2.12. The topological polar surface area (TPSA) is 120 Å². The van der Waals surface area contributed by atoms with E-state index in [9.17, 15) is 13.6 Å². The molecule has 2 fully saturated rings. The smallest absolute Gasteiger partial charge is 0.296 e. The molecular formula is C23H27F2N7O3. The summed E-state index contributed by atoms with van der Waals surface area (Å²) in [5, 5.41) is 2.89. The zero-order valence-electron chi connectivity index (χ0n) is 19.1. The van der Waals surface area contributed by atoms with Crippen LogP contribution in [0.3, 0.4) is 0 Å². The molecule has 2 atom stereocenters. The molecule has 35 heavy (non-hydrogen) atoms. The van der Waals surface area contributed by atoms with E-state index in [1.807, 2.05) is 4.90 Å². The van der Waals surface area contributed by atoms with Crippen molar-refractivity contribution in [2.24, 2.45) is 5.73 Å². The Bertz CT molecular complexity index is 1200. The summed E-state index contributed by atoms with van der Waals surface area (Å²) in [6, 6.07) is 8.48. The zero-order valence-corrected chi connectivity index (χ0v) is 19.1. The van der Waals surface area contributed by atoms with Crippen LogP contribution in [0, 0.1) is 0 Å². The third-order valence-electron chi connectivity index (χ3n) is 6.20. The van der Waals surface area contributed by atoms with Crippen molar-refractivity contribution in [1.29, 1.82) is 0 Å². The van der Waals surface area contributed by atoms with Gasteiger partial charge in [-0.2, -0.15) is 9.97 Å². The molecule has 0 bridgehead atoms. The normalized spacial score (nSPS) is 20.5. The lowest BCUT2D eigenvalue weighted by atomic mass is 10.2. The van der Waals surface area contributed by atoms with Crippen LogP contribution in [0.25, 0.3) is 16.9 Å². The highest BCUT2D eigenvalue weighted by atomic mass is 19.3. The first-order chi connectivity index (χ1) is 17.0. The number of halogens is 2. The summed E-state index contributed by atoms with van der Waals surface area (Å²) < 4.78 is 41.0. The fourth-order valence-corrected chi connectivity index (χ4v) is 4.55. The summed E-state index contributed by atoms with van der Waals surface area (Å²) in [7, 11) is 0.